The molecule has 5 heteroatoms. The molecule has 0 unspecified atom stereocenters. The van der Waals surface area contributed by atoms with E-state index >= 15 is 0 Å². The van der Waals surface area contributed by atoms with Crippen LogP contribution in [0.2, 0.25) is 0 Å². The number of carbonyl (C=O) groups excluding carboxylic acids is 3. The van der Waals surface area contributed by atoms with E-state index in [9.17, 15) is 14.4 Å². The van der Waals surface area contributed by atoms with E-state index in [1.165, 1.54) is 10.5 Å². The topological polar surface area (TPSA) is 66.5 Å². The molecule has 3 amide bonds. The van der Waals surface area contributed by atoms with Crippen LogP contribution < -0.4 is 10.2 Å². The van der Waals surface area contributed by atoms with E-state index in [0.717, 1.165) is 24.8 Å². The minimum Gasteiger partial charge on any atom is -0.324 e. The van der Waals surface area contributed by atoms with Crippen molar-refractivity contribution in [1.82, 2.24) is 0 Å². The summed E-state index contributed by atoms with van der Waals surface area (Å²) in [7, 11) is 0. The fourth-order valence-corrected chi connectivity index (χ4v) is 3.87. The highest BCUT2D eigenvalue weighted by atomic mass is 16.2. The van der Waals surface area contributed by atoms with Gasteiger partial charge in [0.15, 0.2) is 0 Å². The van der Waals surface area contributed by atoms with E-state index < -0.39 is 0 Å². The maximum absolute atomic E-state index is 13.0. The molecule has 1 saturated heterocycles. The Bertz CT molecular complexity index is 874. The van der Waals surface area contributed by atoms with Gasteiger partial charge >= 0.3 is 0 Å². The third-order valence-corrected chi connectivity index (χ3v) is 5.14. The second kappa shape index (κ2) is 6.75. The molecule has 0 aromatic heterocycles. The molecule has 26 heavy (non-hydrogen) atoms. The van der Waals surface area contributed by atoms with Crippen LogP contribution in [0.1, 0.15) is 42.7 Å². The summed E-state index contributed by atoms with van der Waals surface area (Å²) < 4.78 is 0. The smallest absolute Gasteiger partial charge is 0.234 e. The van der Waals surface area contributed by atoms with Crippen LogP contribution in [0.5, 0.6) is 0 Å². The van der Waals surface area contributed by atoms with Crippen LogP contribution in [0, 0.1) is 0 Å². The quantitative estimate of drug-likeness (QED) is 0.865. The van der Waals surface area contributed by atoms with Crippen molar-refractivity contribution >= 4 is 29.1 Å². The van der Waals surface area contributed by atoms with Crippen LogP contribution >= 0.6 is 0 Å². The summed E-state index contributed by atoms with van der Waals surface area (Å²) in [5.74, 6) is -0.749. The van der Waals surface area contributed by atoms with Crippen LogP contribution in [0.3, 0.4) is 0 Å². The number of fused-ring (bicyclic) bond motifs is 1. The van der Waals surface area contributed by atoms with E-state index in [0.29, 0.717) is 11.4 Å². The summed E-state index contributed by atoms with van der Waals surface area (Å²) in [6, 6.07) is 15.0. The lowest BCUT2D eigenvalue weighted by molar-refractivity contribution is -0.121. The third kappa shape index (κ3) is 2.90. The van der Waals surface area contributed by atoms with Crippen molar-refractivity contribution in [1.29, 1.82) is 0 Å². The van der Waals surface area contributed by atoms with Crippen molar-refractivity contribution in [3.63, 3.8) is 0 Å². The van der Waals surface area contributed by atoms with Gasteiger partial charge in [-0.05, 0) is 42.5 Å². The lowest BCUT2D eigenvalue weighted by Crippen LogP contribution is -2.31. The molecule has 0 bridgehead atoms. The Labute approximate surface area is 152 Å². The minimum atomic E-state index is -0.222. The van der Waals surface area contributed by atoms with Crippen LogP contribution in [-0.4, -0.2) is 17.7 Å². The Kier molecular flexibility index (Phi) is 4.29. The molecule has 2 aliphatic rings. The fraction of sp³-hybridized carbons (Fsp3) is 0.286. The molecule has 132 valence electrons. The van der Waals surface area contributed by atoms with Crippen molar-refractivity contribution in [2.24, 2.45) is 0 Å². The number of amides is 3. The molecule has 1 aliphatic heterocycles. The second-order valence-corrected chi connectivity index (χ2v) is 6.77. The highest BCUT2D eigenvalue weighted by molar-refractivity contribution is 6.21. The minimum absolute atomic E-state index is 0.0938. The predicted molar refractivity (Wildman–Crippen MR) is 98.9 cm³/mol. The zero-order chi connectivity index (χ0) is 18.1. The van der Waals surface area contributed by atoms with Gasteiger partial charge in [0.1, 0.15) is 0 Å². The molecule has 0 radical (unpaired) electrons. The van der Waals surface area contributed by atoms with Gasteiger partial charge in [0.05, 0.1) is 17.3 Å². The average Bonchev–Trinajstić information content (AvgIpc) is 3.00. The number of para-hydroxylation sites is 2. The molecule has 2 aromatic rings. The number of rotatable bonds is 3. The summed E-state index contributed by atoms with van der Waals surface area (Å²) in [6.07, 6.45) is 3.20. The van der Waals surface area contributed by atoms with E-state index in [-0.39, 0.29) is 36.5 Å². The van der Waals surface area contributed by atoms with E-state index in [1.54, 1.807) is 24.3 Å². The van der Waals surface area contributed by atoms with Gasteiger partial charge in [0.2, 0.25) is 17.7 Å². The summed E-state index contributed by atoms with van der Waals surface area (Å²) in [5.41, 5.74) is 3.25. The number of aryl methyl sites for hydroxylation is 1. The number of hydrogen-bond acceptors (Lipinski definition) is 3. The molecule has 0 saturated carbocycles. The van der Waals surface area contributed by atoms with Crippen LogP contribution in [0.4, 0.5) is 11.4 Å². The predicted octanol–water partition coefficient (Wildman–Crippen LogP) is 3.40. The number of imide groups is 1. The molecule has 1 N–H and O–H groups in total. The Hall–Kier alpha value is -2.95. The Morgan fingerprint density at radius 1 is 0.923 bits per heavy atom. The number of anilines is 2. The third-order valence-electron chi connectivity index (χ3n) is 5.14. The first-order chi connectivity index (χ1) is 12.6. The van der Waals surface area contributed by atoms with Gasteiger partial charge in [-0.15, -0.1) is 0 Å². The summed E-state index contributed by atoms with van der Waals surface area (Å²) in [4.78, 5) is 38.3. The van der Waals surface area contributed by atoms with Crippen LogP contribution in [0.15, 0.2) is 48.5 Å². The molecule has 4 rings (SSSR count). The Balaban J connectivity index is 1.62. The standard InChI is InChI=1S/C21H20N2O3/c24-19-12-13-20(25)23(19)18-11-4-3-10-17(18)22-21(26)16-9-5-7-14-6-1-2-8-15(14)16/h1-4,6,8,10-11,16H,5,7,9,12-13H2,(H,22,26)/t16-/m0/s1. The first-order valence-electron chi connectivity index (χ1n) is 8.98. The van der Waals surface area contributed by atoms with Crippen LogP contribution in [0.25, 0.3) is 0 Å². The highest BCUT2D eigenvalue weighted by Crippen LogP contribution is 2.35. The van der Waals surface area contributed by atoms with Gasteiger partial charge in [-0.25, -0.2) is 4.90 Å². The zero-order valence-electron chi connectivity index (χ0n) is 14.4. The molecule has 2 aromatic carbocycles. The van der Waals surface area contributed by atoms with Crippen molar-refractivity contribution in [2.75, 3.05) is 10.2 Å². The average molecular weight is 348 g/mol. The Morgan fingerprint density at radius 2 is 1.62 bits per heavy atom. The summed E-state index contributed by atoms with van der Waals surface area (Å²) >= 11 is 0. The number of nitrogens with one attached hydrogen (secondary N) is 1. The lowest BCUT2D eigenvalue weighted by atomic mass is 9.82. The molecule has 1 heterocycles. The molecular formula is C21H20N2O3. The number of hydrogen-bond donors (Lipinski definition) is 1. The highest BCUT2D eigenvalue weighted by Gasteiger charge is 2.33. The number of carbonyl (C=O) groups is 3. The van der Waals surface area contributed by atoms with Crippen molar-refractivity contribution in [3.05, 3.63) is 59.7 Å². The van der Waals surface area contributed by atoms with Gasteiger partial charge in [0.25, 0.3) is 0 Å². The van der Waals surface area contributed by atoms with Gasteiger partial charge in [-0.1, -0.05) is 36.4 Å². The Morgan fingerprint density at radius 3 is 2.42 bits per heavy atom. The van der Waals surface area contributed by atoms with E-state index in [4.69, 9.17) is 0 Å². The van der Waals surface area contributed by atoms with Gasteiger partial charge in [-0.3, -0.25) is 14.4 Å². The molecule has 5 nitrogen and oxygen atoms in total. The SMILES string of the molecule is O=C(Nc1ccccc1N1C(=O)CCC1=O)[C@H]1CCCc2ccccc21. The first-order valence-corrected chi connectivity index (χ1v) is 8.98. The first kappa shape index (κ1) is 16.5. The number of nitrogens with zero attached hydrogens (tertiary/aromatic N) is 1. The largest absolute Gasteiger partial charge is 0.324 e. The van der Waals surface area contributed by atoms with Crippen molar-refractivity contribution < 1.29 is 14.4 Å². The maximum Gasteiger partial charge on any atom is 0.234 e. The zero-order valence-corrected chi connectivity index (χ0v) is 14.4. The second-order valence-electron chi connectivity index (χ2n) is 6.77. The van der Waals surface area contributed by atoms with Gasteiger partial charge < -0.3 is 5.32 Å². The molecule has 1 aliphatic carbocycles. The lowest BCUT2D eigenvalue weighted by Gasteiger charge is -2.25. The van der Waals surface area contributed by atoms with Crippen LogP contribution in [-0.2, 0) is 20.8 Å². The molecule has 1 fully saturated rings. The summed E-state index contributed by atoms with van der Waals surface area (Å²) in [5, 5.41) is 2.95. The molecule has 1 atom stereocenters. The monoisotopic (exact) mass is 348 g/mol. The molecule has 0 spiro atoms. The summed E-state index contributed by atoms with van der Waals surface area (Å²) in [6.45, 7) is 0. The van der Waals surface area contributed by atoms with Crippen molar-refractivity contribution in [3.8, 4) is 0 Å². The molecular weight excluding hydrogens is 328 g/mol. The fourth-order valence-electron chi connectivity index (χ4n) is 3.87. The maximum atomic E-state index is 13.0. The van der Waals surface area contributed by atoms with E-state index in [1.807, 2.05) is 18.2 Å². The van der Waals surface area contributed by atoms with Gasteiger partial charge in [-0.2, -0.15) is 0 Å². The number of benzene rings is 2. The normalized spacial score (nSPS) is 19.4. The van der Waals surface area contributed by atoms with Crippen molar-refractivity contribution in [2.45, 2.75) is 38.0 Å². The van der Waals surface area contributed by atoms with Gasteiger partial charge in [0, 0.05) is 12.8 Å². The van der Waals surface area contributed by atoms with E-state index in [2.05, 4.69) is 11.4 Å².